The number of thiocarbonyl (C=S) groups is 1. The predicted octanol–water partition coefficient (Wildman–Crippen LogP) is 5.32. The van der Waals surface area contributed by atoms with Gasteiger partial charge in [0.1, 0.15) is 17.9 Å². The highest BCUT2D eigenvalue weighted by molar-refractivity contribution is 14.1. The van der Waals surface area contributed by atoms with Crippen LogP contribution in [0.25, 0.3) is 6.08 Å². The third-order valence-electron chi connectivity index (χ3n) is 5.43. The van der Waals surface area contributed by atoms with Crippen molar-refractivity contribution >= 4 is 63.5 Å². The van der Waals surface area contributed by atoms with Gasteiger partial charge in [0.05, 0.1) is 5.69 Å². The lowest BCUT2D eigenvalue weighted by atomic mass is 10.0. The molecule has 1 saturated heterocycles. The van der Waals surface area contributed by atoms with Gasteiger partial charge < -0.3 is 4.74 Å². The van der Waals surface area contributed by atoms with E-state index in [2.05, 4.69) is 27.9 Å². The summed E-state index contributed by atoms with van der Waals surface area (Å²) in [5.41, 5.74) is 4.44. The number of hydrogen-bond acceptors (Lipinski definition) is 4. The average molecular weight is 568 g/mol. The zero-order valence-corrected chi connectivity index (χ0v) is 21.1. The minimum atomic E-state index is -0.509. The van der Waals surface area contributed by atoms with Crippen LogP contribution >= 0.6 is 34.8 Å². The minimum Gasteiger partial charge on any atom is -0.489 e. The molecule has 3 aromatic rings. The zero-order valence-electron chi connectivity index (χ0n) is 18.1. The van der Waals surface area contributed by atoms with Crippen LogP contribution in [0.15, 0.2) is 72.3 Å². The van der Waals surface area contributed by atoms with Crippen molar-refractivity contribution in [2.75, 3.05) is 4.90 Å². The summed E-state index contributed by atoms with van der Waals surface area (Å²) in [6, 6.07) is 21.0. The van der Waals surface area contributed by atoms with Crippen molar-refractivity contribution in [3.05, 3.63) is 98.1 Å². The number of hydrogen-bond donors (Lipinski definition) is 1. The molecular formula is C26H21IN2O3S. The van der Waals surface area contributed by atoms with Gasteiger partial charge in [-0.25, -0.2) is 0 Å². The van der Waals surface area contributed by atoms with Crippen molar-refractivity contribution in [3.8, 4) is 5.75 Å². The molecule has 0 spiro atoms. The van der Waals surface area contributed by atoms with Crippen molar-refractivity contribution in [1.82, 2.24) is 5.32 Å². The molecule has 2 amide bonds. The maximum atomic E-state index is 13.2. The second kappa shape index (κ2) is 9.84. The fourth-order valence-electron chi connectivity index (χ4n) is 3.43. The van der Waals surface area contributed by atoms with Crippen molar-refractivity contribution in [2.45, 2.75) is 20.5 Å². The standard InChI is InChI=1S/C26H21IN2O3S/c1-16-4-3-5-23(17(16)2)29-25(31)22(24(30)28-26(29)33)14-18-8-12-21(13-9-18)32-15-19-6-10-20(27)11-7-19/h3-14H,15H2,1-2H3,(H,28,30,33)/b22-14+. The lowest BCUT2D eigenvalue weighted by molar-refractivity contribution is -0.122. The Balaban J connectivity index is 1.54. The van der Waals surface area contributed by atoms with Gasteiger partial charge in [0, 0.05) is 3.57 Å². The normalized spacial score (nSPS) is 15.1. The molecule has 5 nitrogen and oxygen atoms in total. The number of ether oxygens (including phenoxy) is 1. The first-order valence-electron chi connectivity index (χ1n) is 10.3. The average Bonchev–Trinajstić information content (AvgIpc) is 2.80. The molecule has 4 rings (SSSR count). The van der Waals surface area contributed by atoms with E-state index in [4.69, 9.17) is 17.0 Å². The summed E-state index contributed by atoms with van der Waals surface area (Å²) in [6.07, 6.45) is 1.57. The molecule has 33 heavy (non-hydrogen) atoms. The Morgan fingerprint density at radius 1 is 1.00 bits per heavy atom. The summed E-state index contributed by atoms with van der Waals surface area (Å²) >= 11 is 7.57. The highest BCUT2D eigenvalue weighted by Gasteiger charge is 2.35. The SMILES string of the molecule is Cc1cccc(N2C(=O)/C(=C/c3ccc(OCc4ccc(I)cc4)cc3)C(=O)NC2=S)c1C. The maximum absolute atomic E-state index is 13.2. The van der Waals surface area contributed by atoms with Crippen LogP contribution in [0.3, 0.4) is 0 Å². The highest BCUT2D eigenvalue weighted by atomic mass is 127. The van der Waals surface area contributed by atoms with Crippen LogP contribution in [-0.2, 0) is 16.2 Å². The molecule has 0 unspecified atom stereocenters. The van der Waals surface area contributed by atoms with Crippen LogP contribution in [0.5, 0.6) is 5.75 Å². The van der Waals surface area contributed by atoms with Gasteiger partial charge in [-0.15, -0.1) is 0 Å². The van der Waals surface area contributed by atoms with Gasteiger partial charge in [0.25, 0.3) is 11.8 Å². The van der Waals surface area contributed by atoms with Gasteiger partial charge in [-0.05, 0) is 107 Å². The molecule has 0 aromatic heterocycles. The van der Waals surface area contributed by atoms with Gasteiger partial charge in [-0.3, -0.25) is 19.8 Å². The number of nitrogens with zero attached hydrogens (tertiary/aromatic N) is 1. The minimum absolute atomic E-state index is 0.0251. The molecule has 1 fully saturated rings. The van der Waals surface area contributed by atoms with Crippen LogP contribution < -0.4 is 15.0 Å². The van der Waals surface area contributed by atoms with E-state index in [1.165, 1.54) is 8.47 Å². The molecule has 166 valence electrons. The number of benzene rings is 3. The molecular weight excluding hydrogens is 547 g/mol. The number of amides is 2. The fraction of sp³-hybridized carbons (Fsp3) is 0.115. The van der Waals surface area contributed by atoms with Crippen LogP contribution in [-0.4, -0.2) is 16.9 Å². The number of carbonyl (C=O) groups excluding carboxylic acids is 2. The van der Waals surface area contributed by atoms with Gasteiger partial charge >= 0.3 is 0 Å². The van der Waals surface area contributed by atoms with Crippen molar-refractivity contribution in [2.24, 2.45) is 0 Å². The molecule has 1 aliphatic rings. The summed E-state index contributed by atoms with van der Waals surface area (Å²) in [4.78, 5) is 27.2. The highest BCUT2D eigenvalue weighted by Crippen LogP contribution is 2.27. The Hall–Kier alpha value is -3.04. The Kier molecular flexibility index (Phi) is 6.90. The fourth-order valence-corrected chi connectivity index (χ4v) is 4.06. The number of rotatable bonds is 5. The van der Waals surface area contributed by atoms with E-state index >= 15 is 0 Å². The Morgan fingerprint density at radius 2 is 1.70 bits per heavy atom. The van der Waals surface area contributed by atoms with Crippen molar-refractivity contribution in [3.63, 3.8) is 0 Å². The number of aryl methyl sites for hydroxylation is 1. The number of nitrogens with one attached hydrogen (secondary N) is 1. The van der Waals surface area contributed by atoms with Gasteiger partial charge in [0.15, 0.2) is 5.11 Å². The van der Waals surface area contributed by atoms with E-state index in [1.807, 2.05) is 80.6 Å². The van der Waals surface area contributed by atoms with Gasteiger partial charge in [-0.2, -0.15) is 0 Å². The summed E-state index contributed by atoms with van der Waals surface area (Å²) < 4.78 is 7.01. The molecule has 3 aromatic carbocycles. The summed E-state index contributed by atoms with van der Waals surface area (Å²) in [5.74, 6) is -0.254. The lowest BCUT2D eigenvalue weighted by Crippen LogP contribution is -2.54. The molecule has 0 bridgehead atoms. The largest absolute Gasteiger partial charge is 0.489 e. The zero-order chi connectivity index (χ0) is 23.5. The molecule has 0 radical (unpaired) electrons. The Morgan fingerprint density at radius 3 is 2.39 bits per heavy atom. The number of halogens is 1. The monoisotopic (exact) mass is 568 g/mol. The smallest absolute Gasteiger partial charge is 0.270 e. The predicted molar refractivity (Wildman–Crippen MR) is 142 cm³/mol. The third kappa shape index (κ3) is 5.15. The second-order valence-corrected chi connectivity index (χ2v) is 9.29. The van der Waals surface area contributed by atoms with Crippen molar-refractivity contribution in [1.29, 1.82) is 0 Å². The quantitative estimate of drug-likeness (QED) is 0.196. The van der Waals surface area contributed by atoms with E-state index in [9.17, 15) is 9.59 Å². The lowest BCUT2D eigenvalue weighted by Gasteiger charge is -2.30. The molecule has 1 N–H and O–H groups in total. The molecule has 1 aliphatic heterocycles. The number of anilines is 1. The number of carbonyl (C=O) groups is 2. The van der Waals surface area contributed by atoms with Crippen molar-refractivity contribution < 1.29 is 14.3 Å². The van der Waals surface area contributed by atoms with E-state index in [1.54, 1.807) is 6.08 Å². The third-order valence-corrected chi connectivity index (χ3v) is 6.43. The van der Waals surface area contributed by atoms with E-state index in [-0.39, 0.29) is 10.7 Å². The molecule has 1 heterocycles. The molecule has 0 saturated carbocycles. The maximum Gasteiger partial charge on any atom is 0.270 e. The van der Waals surface area contributed by atoms with Gasteiger partial charge in [-0.1, -0.05) is 36.4 Å². The van der Waals surface area contributed by atoms with Crippen LogP contribution in [0.1, 0.15) is 22.3 Å². The first-order chi connectivity index (χ1) is 15.8. The molecule has 0 atom stereocenters. The summed E-state index contributed by atoms with van der Waals surface area (Å²) in [5, 5.41) is 2.71. The summed E-state index contributed by atoms with van der Waals surface area (Å²) in [6.45, 7) is 4.35. The second-order valence-electron chi connectivity index (χ2n) is 7.66. The summed E-state index contributed by atoms with van der Waals surface area (Å²) in [7, 11) is 0. The van der Waals surface area contributed by atoms with Gasteiger partial charge in [0.2, 0.25) is 0 Å². The molecule has 0 aliphatic carbocycles. The Labute approximate surface area is 211 Å². The van der Waals surface area contributed by atoms with E-state index in [0.29, 0.717) is 23.6 Å². The van der Waals surface area contributed by atoms with E-state index in [0.717, 1.165) is 16.7 Å². The van der Waals surface area contributed by atoms with Crippen LogP contribution in [0, 0.1) is 17.4 Å². The first-order valence-corrected chi connectivity index (χ1v) is 11.8. The Bertz CT molecular complexity index is 1270. The van der Waals surface area contributed by atoms with E-state index < -0.39 is 11.8 Å². The first kappa shape index (κ1) is 23.1. The topological polar surface area (TPSA) is 58.6 Å². The van der Waals surface area contributed by atoms with Crippen LogP contribution in [0.2, 0.25) is 0 Å². The van der Waals surface area contributed by atoms with Crippen LogP contribution in [0.4, 0.5) is 5.69 Å². The molecule has 7 heteroatoms.